The molecule has 1 N–H and O–H groups in total. The smallest absolute Gasteiger partial charge is 0.247 e. The highest BCUT2D eigenvalue weighted by Gasteiger charge is 2.43. The Balaban J connectivity index is 1.24. The molecule has 0 radical (unpaired) electrons. The van der Waals surface area contributed by atoms with Gasteiger partial charge in [0.1, 0.15) is 18.2 Å². The van der Waals surface area contributed by atoms with Gasteiger partial charge in [-0.15, -0.1) is 5.10 Å². The molecule has 4 heterocycles. The fourth-order valence-corrected chi connectivity index (χ4v) is 5.52. The van der Waals surface area contributed by atoms with E-state index in [1.165, 1.54) is 23.2 Å². The van der Waals surface area contributed by atoms with Gasteiger partial charge in [0.15, 0.2) is 5.82 Å². The van der Waals surface area contributed by atoms with Crippen LogP contribution in [0.3, 0.4) is 0 Å². The molecule has 1 fully saturated rings. The van der Waals surface area contributed by atoms with Crippen molar-refractivity contribution in [3.63, 3.8) is 0 Å². The monoisotopic (exact) mass is 546 g/mol. The van der Waals surface area contributed by atoms with Gasteiger partial charge in [-0.25, -0.2) is 9.37 Å². The van der Waals surface area contributed by atoms with Crippen LogP contribution in [0.2, 0.25) is 5.02 Å². The van der Waals surface area contributed by atoms with Crippen LogP contribution < -0.4 is 10.2 Å². The number of nitrogens with one attached hydrogen (secondary N) is 1. The quantitative estimate of drug-likeness (QED) is 0.405. The Morgan fingerprint density at radius 1 is 1.15 bits per heavy atom. The Morgan fingerprint density at radius 2 is 2.00 bits per heavy atom. The Hall–Kier alpha value is -4.38. The van der Waals surface area contributed by atoms with Crippen LogP contribution in [0.15, 0.2) is 54.9 Å². The molecule has 2 atom stereocenters. The van der Waals surface area contributed by atoms with Gasteiger partial charge in [-0.05, 0) is 77.7 Å². The number of hydrogen-bond donors (Lipinski definition) is 1. The van der Waals surface area contributed by atoms with Crippen LogP contribution in [0, 0.1) is 5.82 Å². The van der Waals surface area contributed by atoms with E-state index in [0.717, 1.165) is 16.7 Å². The largest absolute Gasteiger partial charge is 0.363 e. The minimum absolute atomic E-state index is 0.0650. The summed E-state index contributed by atoms with van der Waals surface area (Å²) < 4.78 is 16.6. The van der Waals surface area contributed by atoms with Crippen molar-refractivity contribution in [2.45, 2.75) is 31.3 Å². The van der Waals surface area contributed by atoms with E-state index >= 15 is 4.39 Å². The molecule has 2 aromatic heterocycles. The minimum Gasteiger partial charge on any atom is -0.363 e. The lowest BCUT2D eigenvalue weighted by molar-refractivity contribution is -0.135. The molecule has 2 amide bonds. The van der Waals surface area contributed by atoms with E-state index in [4.69, 9.17) is 11.6 Å². The first kappa shape index (κ1) is 24.9. The van der Waals surface area contributed by atoms with Crippen molar-refractivity contribution in [2.24, 2.45) is 0 Å². The van der Waals surface area contributed by atoms with E-state index in [1.54, 1.807) is 17.0 Å². The zero-order chi connectivity index (χ0) is 27.3. The number of carbonyl (C=O) groups is 2. The number of nitrogens with zero attached hydrogens (tertiary/aromatic N) is 7. The van der Waals surface area contributed by atoms with Crippen LogP contribution in [-0.4, -0.2) is 68.1 Å². The Morgan fingerprint density at radius 3 is 2.77 bits per heavy atom. The Kier molecular flexibility index (Phi) is 6.22. The van der Waals surface area contributed by atoms with Crippen molar-refractivity contribution in [2.75, 3.05) is 24.3 Å². The molecule has 12 heteroatoms. The molecule has 10 nitrogen and oxygen atoms in total. The maximum absolute atomic E-state index is 15.3. The van der Waals surface area contributed by atoms with Crippen LogP contribution >= 0.6 is 11.6 Å². The zero-order valence-corrected chi connectivity index (χ0v) is 21.9. The molecule has 6 rings (SSSR count). The second-order valence-electron chi connectivity index (χ2n) is 9.84. The van der Waals surface area contributed by atoms with E-state index < -0.39 is 11.9 Å². The summed E-state index contributed by atoms with van der Waals surface area (Å²) >= 11 is 6.10. The molecule has 39 heavy (non-hydrogen) atoms. The molecule has 4 aromatic rings. The number of aromatic nitrogens is 5. The lowest BCUT2D eigenvalue weighted by Crippen LogP contribution is -2.48. The summed E-state index contributed by atoms with van der Waals surface area (Å²) in [4.78, 5) is 34.8. The normalized spacial score (nSPS) is 18.7. The number of halogens is 2. The zero-order valence-electron chi connectivity index (χ0n) is 21.2. The number of carbonyl (C=O) groups excluding carboxylic acids is 2. The van der Waals surface area contributed by atoms with Crippen LogP contribution in [0.4, 0.5) is 15.9 Å². The van der Waals surface area contributed by atoms with Gasteiger partial charge in [-0.1, -0.05) is 11.6 Å². The van der Waals surface area contributed by atoms with E-state index in [1.807, 2.05) is 43.3 Å². The topological polar surface area (TPSA) is 109 Å². The van der Waals surface area contributed by atoms with Gasteiger partial charge in [0.2, 0.25) is 11.8 Å². The molecule has 0 bridgehead atoms. The summed E-state index contributed by atoms with van der Waals surface area (Å²) in [5.74, 6) is -0.411. The van der Waals surface area contributed by atoms with Gasteiger partial charge in [0, 0.05) is 42.9 Å². The molecule has 2 aliphatic heterocycles. The number of amides is 2. The standard InChI is InChI=1S/C27H24ClFN8O2/c1-35(2)23-10-3-15-11-17(4-7-20(15)32-23)31-27(39)22-8-5-18-12-16(13-24(38)37(18)22)25-21(36-14-30-33-34-36)9-6-19(28)26(25)29/h3-4,6-7,9-11,13-14,18,22H,5,8,12H2,1-2H3,(H,31,39)/t18-,22+/m1/s1. The fourth-order valence-electron chi connectivity index (χ4n) is 5.36. The molecule has 198 valence electrons. The molecular weight excluding hydrogens is 523 g/mol. The molecular formula is C27H24ClFN8O2. The molecule has 0 aliphatic carbocycles. The first-order valence-electron chi connectivity index (χ1n) is 12.4. The molecule has 2 aromatic carbocycles. The predicted octanol–water partition coefficient (Wildman–Crippen LogP) is 3.85. The van der Waals surface area contributed by atoms with Gasteiger partial charge < -0.3 is 15.1 Å². The average Bonchev–Trinajstić information content (AvgIpc) is 3.60. The molecule has 2 aliphatic rings. The third-order valence-corrected chi connectivity index (χ3v) is 7.49. The third kappa shape index (κ3) is 4.48. The van der Waals surface area contributed by atoms with Crippen molar-refractivity contribution in [3.8, 4) is 5.69 Å². The second kappa shape index (κ2) is 9.73. The Bertz CT molecular complexity index is 1640. The second-order valence-corrected chi connectivity index (χ2v) is 10.2. The number of pyridine rings is 1. The van der Waals surface area contributed by atoms with E-state index in [2.05, 4.69) is 25.8 Å². The highest BCUT2D eigenvalue weighted by Crippen LogP contribution is 2.40. The maximum atomic E-state index is 15.3. The summed E-state index contributed by atoms with van der Waals surface area (Å²) in [7, 11) is 3.85. The van der Waals surface area contributed by atoms with Gasteiger partial charge in [0.25, 0.3) is 0 Å². The highest BCUT2D eigenvalue weighted by molar-refractivity contribution is 6.31. The first-order valence-corrected chi connectivity index (χ1v) is 12.8. The molecule has 0 spiro atoms. The lowest BCUT2D eigenvalue weighted by Gasteiger charge is -2.33. The molecule has 1 saturated heterocycles. The van der Waals surface area contributed by atoms with E-state index in [0.29, 0.717) is 36.2 Å². The SMILES string of the molecule is CN(C)c1ccc2cc(NC(=O)[C@@H]3CC[C@@H]4CC(c5c(-n6cnnn6)ccc(Cl)c5F)=CC(=O)N43)ccc2n1. The summed E-state index contributed by atoms with van der Waals surface area (Å²) in [6.45, 7) is 0. The summed E-state index contributed by atoms with van der Waals surface area (Å²) in [5.41, 5.74) is 2.50. The van der Waals surface area contributed by atoms with Crippen molar-refractivity contribution in [1.29, 1.82) is 0 Å². The summed E-state index contributed by atoms with van der Waals surface area (Å²) in [6, 6.07) is 11.6. The number of tetrazole rings is 1. The van der Waals surface area contributed by atoms with Crippen LogP contribution in [0.25, 0.3) is 22.2 Å². The van der Waals surface area contributed by atoms with Gasteiger partial charge in [0.05, 0.1) is 16.2 Å². The van der Waals surface area contributed by atoms with E-state index in [-0.39, 0.29) is 28.4 Å². The fraction of sp³-hybridized carbons (Fsp3) is 0.259. The summed E-state index contributed by atoms with van der Waals surface area (Å²) in [6.07, 6.45) is 4.22. The van der Waals surface area contributed by atoms with Gasteiger partial charge >= 0.3 is 0 Å². The first-order chi connectivity index (χ1) is 18.8. The maximum Gasteiger partial charge on any atom is 0.247 e. The van der Waals surface area contributed by atoms with Crippen LogP contribution in [-0.2, 0) is 9.59 Å². The summed E-state index contributed by atoms with van der Waals surface area (Å²) in [5, 5.41) is 14.9. The van der Waals surface area contributed by atoms with Crippen molar-refractivity contribution in [3.05, 3.63) is 71.3 Å². The van der Waals surface area contributed by atoms with Crippen LogP contribution in [0.1, 0.15) is 24.8 Å². The van der Waals surface area contributed by atoms with Crippen molar-refractivity contribution < 1.29 is 14.0 Å². The number of fused-ring (bicyclic) bond motifs is 2. The average molecular weight is 547 g/mol. The number of hydrogen-bond acceptors (Lipinski definition) is 7. The highest BCUT2D eigenvalue weighted by atomic mass is 35.5. The Labute approximate surface area is 228 Å². The lowest BCUT2D eigenvalue weighted by atomic mass is 9.92. The molecule has 0 unspecified atom stereocenters. The van der Waals surface area contributed by atoms with Crippen LogP contribution in [0.5, 0.6) is 0 Å². The molecule has 0 saturated carbocycles. The van der Waals surface area contributed by atoms with E-state index in [9.17, 15) is 9.59 Å². The van der Waals surface area contributed by atoms with Crippen molar-refractivity contribution >= 4 is 51.4 Å². The third-order valence-electron chi connectivity index (χ3n) is 7.20. The number of rotatable bonds is 5. The van der Waals surface area contributed by atoms with Crippen molar-refractivity contribution in [1.82, 2.24) is 30.1 Å². The predicted molar refractivity (Wildman–Crippen MR) is 145 cm³/mol. The van der Waals surface area contributed by atoms with Gasteiger partial charge in [-0.2, -0.15) is 4.68 Å². The number of benzene rings is 2. The van der Waals surface area contributed by atoms with Gasteiger partial charge in [-0.3, -0.25) is 9.59 Å². The number of anilines is 2. The minimum atomic E-state index is -0.645.